The summed E-state index contributed by atoms with van der Waals surface area (Å²) < 4.78 is 0. The van der Waals surface area contributed by atoms with Crippen molar-refractivity contribution >= 4 is 33.1 Å². The molecule has 4 unspecified atom stereocenters. The maximum absolute atomic E-state index is 2.82. The van der Waals surface area contributed by atoms with E-state index >= 15 is 0 Å². The molecule has 0 fully saturated rings. The van der Waals surface area contributed by atoms with Crippen LogP contribution in [-0.4, -0.2) is 0 Å². The third-order valence-electron chi connectivity index (χ3n) is 0.459. The highest BCUT2D eigenvalue weighted by Crippen LogP contribution is 2.66. The Kier molecular flexibility index (Phi) is 6.76. The zero-order valence-corrected chi connectivity index (χ0v) is 8.46. The molecule has 0 aliphatic heterocycles. The summed E-state index contributed by atoms with van der Waals surface area (Å²) in [5.74, 6) is 2.24. The lowest BCUT2D eigenvalue weighted by molar-refractivity contribution is 1.79. The maximum atomic E-state index is 2.82. The van der Waals surface area contributed by atoms with E-state index in [1.165, 1.54) is 0 Å². The molecular weight excluding hydrogens is 160 g/mol. The van der Waals surface area contributed by atoms with Crippen LogP contribution in [0.25, 0.3) is 0 Å². The third-order valence-corrected chi connectivity index (χ3v) is 9.94. The quantitative estimate of drug-likeness (QED) is 0.558. The molecule has 0 radical (unpaired) electrons. The van der Waals surface area contributed by atoms with Crippen molar-refractivity contribution in [3.8, 4) is 0 Å². The van der Waals surface area contributed by atoms with Gasteiger partial charge in [-0.2, -0.15) is 0 Å². The molecule has 0 rings (SSSR count). The highest BCUT2D eigenvalue weighted by atomic mass is 32.6. The van der Waals surface area contributed by atoms with Gasteiger partial charge in [-0.15, -0.1) is 17.9 Å². The van der Waals surface area contributed by atoms with Crippen LogP contribution in [0.1, 0.15) is 6.92 Å². The number of allylic oxidation sites excluding steroid dienone is 1. The van der Waals surface area contributed by atoms with Crippen molar-refractivity contribution in [2.75, 3.05) is 0 Å². The first kappa shape index (κ1) is 8.46. The molecule has 7 heavy (non-hydrogen) atoms. The van der Waals surface area contributed by atoms with Crippen LogP contribution in [0.3, 0.4) is 0 Å². The van der Waals surface area contributed by atoms with Crippen LogP contribution in [0.5, 0.6) is 0 Å². The largest absolute Gasteiger partial charge is 0.109 e. The highest BCUT2D eigenvalue weighted by molar-refractivity contribution is 8.62. The summed E-state index contributed by atoms with van der Waals surface area (Å²) in [6.07, 6.45) is 2.11. The lowest BCUT2D eigenvalue weighted by atomic mass is 10.8. The van der Waals surface area contributed by atoms with Crippen LogP contribution < -0.4 is 0 Å². The molecule has 42 valence electrons. The van der Waals surface area contributed by atoms with Gasteiger partial charge in [-0.3, -0.25) is 0 Å². The molecule has 0 aromatic carbocycles. The van der Waals surface area contributed by atoms with Crippen LogP contribution in [0.4, 0.5) is 0 Å². The SMILES string of the molecule is CC=CP(P)PP. The van der Waals surface area contributed by atoms with Gasteiger partial charge in [0.05, 0.1) is 0 Å². The van der Waals surface area contributed by atoms with Gasteiger partial charge >= 0.3 is 0 Å². The highest BCUT2D eigenvalue weighted by Gasteiger charge is 1.84. The minimum atomic E-state index is 0.148. The van der Waals surface area contributed by atoms with Gasteiger partial charge in [-0.1, -0.05) is 19.9 Å². The maximum Gasteiger partial charge on any atom is -0.0384 e. The van der Waals surface area contributed by atoms with Crippen LogP contribution in [-0.2, 0) is 0 Å². The molecule has 0 saturated heterocycles. The van der Waals surface area contributed by atoms with E-state index in [0.29, 0.717) is 0 Å². The Morgan fingerprint density at radius 3 is 2.43 bits per heavy atom. The second-order valence-electron chi connectivity index (χ2n) is 1.02. The molecule has 0 nitrogen and oxygen atoms in total. The molecule has 0 amide bonds. The van der Waals surface area contributed by atoms with Crippen molar-refractivity contribution < 1.29 is 0 Å². The van der Waals surface area contributed by atoms with E-state index in [4.69, 9.17) is 0 Å². The first-order chi connectivity index (χ1) is 3.31. The van der Waals surface area contributed by atoms with E-state index in [1.54, 1.807) is 0 Å². The fourth-order valence-corrected chi connectivity index (χ4v) is 2.61. The average molecular weight is 170 g/mol. The second kappa shape index (κ2) is 5.59. The predicted octanol–water partition coefficient (Wildman–Crippen LogP) is 3.18. The summed E-state index contributed by atoms with van der Waals surface area (Å²) in [5.41, 5.74) is 0. The van der Waals surface area contributed by atoms with Gasteiger partial charge in [0.2, 0.25) is 0 Å². The van der Waals surface area contributed by atoms with E-state index in [1.807, 2.05) is 0 Å². The Morgan fingerprint density at radius 2 is 2.29 bits per heavy atom. The average Bonchev–Trinajstić information content (AvgIpc) is 1.68. The van der Waals surface area contributed by atoms with Gasteiger partial charge in [-0.05, 0) is 14.2 Å². The standard InChI is InChI=1S/C3H10P4/c1-2-3-7(5)6-4/h2-3,6H,4-5H2,1H3. The van der Waals surface area contributed by atoms with Crippen molar-refractivity contribution in [1.29, 1.82) is 0 Å². The van der Waals surface area contributed by atoms with E-state index in [2.05, 4.69) is 36.7 Å². The lowest BCUT2D eigenvalue weighted by Gasteiger charge is -1.96. The summed E-state index contributed by atoms with van der Waals surface area (Å²) in [7, 11) is 6.72. The van der Waals surface area contributed by atoms with Gasteiger partial charge in [0.1, 0.15) is 0 Å². The number of hydrogen-bond donors (Lipinski definition) is 0. The van der Waals surface area contributed by atoms with Crippen LogP contribution in [0.15, 0.2) is 11.9 Å². The molecule has 0 heterocycles. The van der Waals surface area contributed by atoms with Gasteiger partial charge in [0.25, 0.3) is 0 Å². The van der Waals surface area contributed by atoms with Crippen LogP contribution >= 0.6 is 33.1 Å². The van der Waals surface area contributed by atoms with Crippen molar-refractivity contribution in [2.24, 2.45) is 0 Å². The molecule has 0 saturated carbocycles. The van der Waals surface area contributed by atoms with Crippen molar-refractivity contribution in [2.45, 2.75) is 6.92 Å². The monoisotopic (exact) mass is 170 g/mol. The molecular formula is C3H10P4. The summed E-state index contributed by atoms with van der Waals surface area (Å²) in [4.78, 5) is 0. The number of rotatable bonds is 2. The number of hydrogen-bond acceptors (Lipinski definition) is 0. The Balaban J connectivity index is 3.16. The third kappa shape index (κ3) is 5.33. The summed E-state index contributed by atoms with van der Waals surface area (Å²) in [6, 6.07) is 0. The van der Waals surface area contributed by atoms with E-state index < -0.39 is 0 Å². The summed E-state index contributed by atoms with van der Waals surface area (Å²) in [6.45, 7) is 2.06. The molecule has 0 aromatic rings. The van der Waals surface area contributed by atoms with Crippen LogP contribution in [0, 0.1) is 0 Å². The molecule has 0 aliphatic rings. The van der Waals surface area contributed by atoms with Gasteiger partial charge < -0.3 is 0 Å². The molecule has 0 N–H and O–H groups in total. The van der Waals surface area contributed by atoms with E-state index in [-0.39, 0.29) is 7.30 Å². The smallest absolute Gasteiger partial charge is 0.0384 e. The van der Waals surface area contributed by atoms with E-state index in [0.717, 1.165) is 7.96 Å². The predicted molar refractivity (Wildman–Crippen MR) is 49.5 cm³/mol. The van der Waals surface area contributed by atoms with E-state index in [9.17, 15) is 0 Å². The molecule has 0 aromatic heterocycles. The Hall–Kier alpha value is 1.46. The van der Waals surface area contributed by atoms with Crippen molar-refractivity contribution in [3.05, 3.63) is 11.9 Å². The molecule has 0 spiro atoms. The first-order valence-electron chi connectivity index (χ1n) is 1.94. The van der Waals surface area contributed by atoms with Gasteiger partial charge in [-0.25, -0.2) is 0 Å². The second-order valence-corrected chi connectivity index (χ2v) is 10.3. The Labute approximate surface area is 52.5 Å². The van der Waals surface area contributed by atoms with Gasteiger partial charge in [0.15, 0.2) is 0 Å². The minimum absolute atomic E-state index is 0.148. The van der Waals surface area contributed by atoms with Crippen molar-refractivity contribution in [3.63, 3.8) is 0 Å². The molecule has 0 bridgehead atoms. The lowest BCUT2D eigenvalue weighted by Crippen LogP contribution is -1.33. The normalized spacial score (nSPS) is 17.0. The fourth-order valence-electron chi connectivity index (χ4n) is 0.204. The first-order valence-corrected chi connectivity index (χ1v) is 8.62. The molecule has 0 aliphatic carbocycles. The Bertz CT molecular complexity index is 60.0. The summed E-state index contributed by atoms with van der Waals surface area (Å²) >= 11 is 0. The fraction of sp³-hybridized carbons (Fsp3) is 0.333. The zero-order chi connectivity index (χ0) is 5.70. The topological polar surface area (TPSA) is 0 Å². The molecule has 4 atom stereocenters. The minimum Gasteiger partial charge on any atom is -0.109 e. The summed E-state index contributed by atoms with van der Waals surface area (Å²) in [5, 5.41) is 0. The molecule has 4 heteroatoms. The van der Waals surface area contributed by atoms with Gasteiger partial charge in [0, 0.05) is 0 Å². The Morgan fingerprint density at radius 1 is 1.71 bits per heavy atom. The van der Waals surface area contributed by atoms with Crippen LogP contribution in [0.2, 0.25) is 0 Å². The zero-order valence-electron chi connectivity index (χ0n) is 4.26. The van der Waals surface area contributed by atoms with Crippen molar-refractivity contribution in [1.82, 2.24) is 0 Å².